The summed E-state index contributed by atoms with van der Waals surface area (Å²) in [5.74, 6) is 0.197. The molecule has 1 aliphatic rings. The minimum atomic E-state index is -0.492. The molecule has 1 aromatic rings. The maximum Gasteiger partial charge on any atom is 0.331 e. The Balaban J connectivity index is 2.56. The lowest BCUT2D eigenvalue weighted by Gasteiger charge is -2.30. The van der Waals surface area contributed by atoms with Crippen molar-refractivity contribution in [2.45, 2.75) is 52.0 Å². The van der Waals surface area contributed by atoms with Gasteiger partial charge in [-0.1, -0.05) is 26.7 Å². The van der Waals surface area contributed by atoms with E-state index in [9.17, 15) is 14.7 Å². The standard InChI is InChI=1S/C13H20N2O3/c1-3-9-11(16)14-13(18)15(12(9)17)10-7-5-4-6-8(10)2/h8,10,17H,3-7H2,1-2H3,(H,14,16,18). The van der Waals surface area contributed by atoms with Gasteiger partial charge in [-0.3, -0.25) is 14.3 Å². The molecule has 1 heterocycles. The minimum absolute atomic E-state index is 0.00611. The van der Waals surface area contributed by atoms with Crippen LogP contribution in [-0.4, -0.2) is 14.7 Å². The number of aromatic nitrogens is 2. The van der Waals surface area contributed by atoms with Gasteiger partial charge in [0.2, 0.25) is 5.88 Å². The van der Waals surface area contributed by atoms with E-state index in [0.717, 1.165) is 25.7 Å². The third-order valence-corrected chi connectivity index (χ3v) is 3.96. The number of rotatable bonds is 2. The molecule has 2 unspecified atom stereocenters. The number of hydrogen-bond acceptors (Lipinski definition) is 3. The van der Waals surface area contributed by atoms with Gasteiger partial charge in [0.1, 0.15) is 0 Å². The van der Waals surface area contributed by atoms with Crippen molar-refractivity contribution in [2.24, 2.45) is 5.92 Å². The average Bonchev–Trinajstić information content (AvgIpc) is 2.31. The molecule has 0 radical (unpaired) electrons. The highest BCUT2D eigenvalue weighted by molar-refractivity contribution is 5.23. The summed E-state index contributed by atoms with van der Waals surface area (Å²) in [5, 5.41) is 10.2. The number of nitrogens with one attached hydrogen (secondary N) is 1. The van der Waals surface area contributed by atoms with Crippen molar-refractivity contribution >= 4 is 0 Å². The van der Waals surface area contributed by atoms with Crippen LogP contribution in [0.15, 0.2) is 9.59 Å². The van der Waals surface area contributed by atoms with E-state index in [2.05, 4.69) is 11.9 Å². The largest absolute Gasteiger partial charge is 0.494 e. The number of nitrogens with zero attached hydrogens (tertiary/aromatic N) is 1. The van der Waals surface area contributed by atoms with E-state index in [0.29, 0.717) is 17.9 Å². The Morgan fingerprint density at radius 1 is 1.33 bits per heavy atom. The minimum Gasteiger partial charge on any atom is -0.494 e. The molecule has 1 aromatic heterocycles. The van der Waals surface area contributed by atoms with Crippen LogP contribution in [0.3, 0.4) is 0 Å². The van der Waals surface area contributed by atoms with Crippen molar-refractivity contribution in [3.8, 4) is 5.88 Å². The third kappa shape index (κ3) is 2.09. The van der Waals surface area contributed by atoms with Crippen molar-refractivity contribution in [1.82, 2.24) is 9.55 Å². The normalized spacial score (nSPS) is 24.1. The van der Waals surface area contributed by atoms with E-state index < -0.39 is 11.2 Å². The maximum absolute atomic E-state index is 11.9. The van der Waals surface area contributed by atoms with Gasteiger partial charge in [0.25, 0.3) is 5.56 Å². The Kier molecular flexibility index (Phi) is 3.59. The molecule has 1 saturated carbocycles. The average molecular weight is 252 g/mol. The summed E-state index contributed by atoms with van der Waals surface area (Å²) in [7, 11) is 0. The SMILES string of the molecule is CCc1c(O)n(C2CCCCC2C)c(=O)[nH]c1=O. The Hall–Kier alpha value is -1.52. The predicted octanol–water partition coefficient (Wildman–Crippen LogP) is 1.56. The molecule has 1 aliphatic carbocycles. The van der Waals surface area contributed by atoms with E-state index >= 15 is 0 Å². The highest BCUT2D eigenvalue weighted by Crippen LogP contribution is 2.34. The lowest BCUT2D eigenvalue weighted by atomic mass is 9.85. The molecule has 0 saturated heterocycles. The molecular formula is C13H20N2O3. The molecule has 2 atom stereocenters. The van der Waals surface area contributed by atoms with Crippen LogP contribution in [0.1, 0.15) is 51.1 Å². The zero-order valence-electron chi connectivity index (χ0n) is 10.9. The molecule has 5 heteroatoms. The van der Waals surface area contributed by atoms with Gasteiger partial charge in [0.15, 0.2) is 0 Å². The first-order chi connectivity index (χ1) is 8.56. The van der Waals surface area contributed by atoms with Crippen LogP contribution < -0.4 is 11.2 Å². The molecule has 18 heavy (non-hydrogen) atoms. The maximum atomic E-state index is 11.9. The van der Waals surface area contributed by atoms with Crippen LogP contribution in [-0.2, 0) is 6.42 Å². The van der Waals surface area contributed by atoms with Gasteiger partial charge in [0, 0.05) is 6.04 Å². The van der Waals surface area contributed by atoms with Gasteiger partial charge in [-0.15, -0.1) is 0 Å². The van der Waals surface area contributed by atoms with Gasteiger partial charge >= 0.3 is 5.69 Å². The first kappa shape index (κ1) is 12.9. The fraction of sp³-hybridized carbons (Fsp3) is 0.692. The van der Waals surface area contributed by atoms with Crippen LogP contribution in [0.25, 0.3) is 0 Å². The summed E-state index contributed by atoms with van der Waals surface area (Å²) in [6.07, 6.45) is 4.57. The number of hydrogen-bond donors (Lipinski definition) is 2. The van der Waals surface area contributed by atoms with E-state index in [1.54, 1.807) is 6.92 Å². The summed E-state index contributed by atoms with van der Waals surface area (Å²) in [5.41, 5.74) is -0.666. The quantitative estimate of drug-likeness (QED) is 0.838. The zero-order chi connectivity index (χ0) is 13.3. The van der Waals surface area contributed by atoms with E-state index in [-0.39, 0.29) is 11.9 Å². The predicted molar refractivity (Wildman–Crippen MR) is 69.0 cm³/mol. The van der Waals surface area contributed by atoms with Gasteiger partial charge < -0.3 is 5.11 Å². The van der Waals surface area contributed by atoms with Crippen LogP contribution >= 0.6 is 0 Å². The molecule has 0 aliphatic heterocycles. The lowest BCUT2D eigenvalue weighted by molar-refractivity contribution is 0.227. The highest BCUT2D eigenvalue weighted by Gasteiger charge is 2.27. The molecular weight excluding hydrogens is 232 g/mol. The molecule has 0 amide bonds. The Bertz CT molecular complexity index is 544. The fourth-order valence-corrected chi connectivity index (χ4v) is 2.88. The zero-order valence-corrected chi connectivity index (χ0v) is 10.9. The van der Waals surface area contributed by atoms with Crippen molar-refractivity contribution in [1.29, 1.82) is 0 Å². The van der Waals surface area contributed by atoms with Gasteiger partial charge in [-0.05, 0) is 25.2 Å². The van der Waals surface area contributed by atoms with E-state index in [1.165, 1.54) is 4.57 Å². The fourth-order valence-electron chi connectivity index (χ4n) is 2.88. The number of aromatic amines is 1. The van der Waals surface area contributed by atoms with Crippen LogP contribution in [0, 0.1) is 5.92 Å². The summed E-state index contributed by atoms with van der Waals surface area (Å²) in [6.45, 7) is 3.88. The second-order valence-electron chi connectivity index (χ2n) is 5.11. The second kappa shape index (κ2) is 5.00. The van der Waals surface area contributed by atoms with Gasteiger partial charge in [-0.25, -0.2) is 4.79 Å². The molecule has 0 spiro atoms. The van der Waals surface area contributed by atoms with Crippen molar-refractivity contribution < 1.29 is 5.11 Å². The van der Waals surface area contributed by atoms with Crippen molar-refractivity contribution in [3.05, 3.63) is 26.4 Å². The first-order valence-electron chi connectivity index (χ1n) is 6.63. The van der Waals surface area contributed by atoms with E-state index in [4.69, 9.17) is 0 Å². The number of H-pyrrole nitrogens is 1. The summed E-state index contributed by atoms with van der Waals surface area (Å²) >= 11 is 0. The van der Waals surface area contributed by atoms with Crippen LogP contribution in [0.5, 0.6) is 5.88 Å². The molecule has 0 bridgehead atoms. The van der Waals surface area contributed by atoms with Crippen molar-refractivity contribution in [2.75, 3.05) is 0 Å². The summed E-state index contributed by atoms with van der Waals surface area (Å²) in [4.78, 5) is 25.8. The van der Waals surface area contributed by atoms with Gasteiger partial charge in [0.05, 0.1) is 5.56 Å². The molecule has 2 rings (SSSR count). The molecule has 100 valence electrons. The summed E-state index contributed by atoms with van der Waals surface area (Å²) < 4.78 is 1.38. The molecule has 2 N–H and O–H groups in total. The molecule has 5 nitrogen and oxygen atoms in total. The Labute approximate surface area is 105 Å². The smallest absolute Gasteiger partial charge is 0.331 e. The van der Waals surface area contributed by atoms with E-state index in [1.807, 2.05) is 0 Å². The van der Waals surface area contributed by atoms with Crippen LogP contribution in [0.4, 0.5) is 0 Å². The summed E-state index contributed by atoms with van der Waals surface area (Å²) in [6, 6.07) is -0.00611. The monoisotopic (exact) mass is 252 g/mol. The first-order valence-corrected chi connectivity index (χ1v) is 6.63. The molecule has 1 fully saturated rings. The van der Waals surface area contributed by atoms with Gasteiger partial charge in [-0.2, -0.15) is 0 Å². The Morgan fingerprint density at radius 3 is 2.61 bits per heavy atom. The van der Waals surface area contributed by atoms with Crippen LogP contribution in [0.2, 0.25) is 0 Å². The lowest BCUT2D eigenvalue weighted by Crippen LogP contribution is -2.37. The number of aromatic hydroxyl groups is 1. The highest BCUT2D eigenvalue weighted by atomic mass is 16.3. The van der Waals surface area contributed by atoms with Crippen molar-refractivity contribution in [3.63, 3.8) is 0 Å². The topological polar surface area (TPSA) is 75.1 Å². The third-order valence-electron chi connectivity index (χ3n) is 3.96. The molecule has 0 aromatic carbocycles. The Morgan fingerprint density at radius 2 is 2.00 bits per heavy atom. The second-order valence-corrected chi connectivity index (χ2v) is 5.11.